The second-order valence-electron chi connectivity index (χ2n) is 6.35. The van der Waals surface area contributed by atoms with Crippen LogP contribution in [0.15, 0.2) is 59.8 Å². The fourth-order valence-corrected chi connectivity index (χ4v) is 4.05. The molecule has 9 nitrogen and oxygen atoms in total. The van der Waals surface area contributed by atoms with Gasteiger partial charge in [-0.3, -0.25) is 9.59 Å². The van der Waals surface area contributed by atoms with Crippen molar-refractivity contribution >= 4 is 35.2 Å². The van der Waals surface area contributed by atoms with Crippen molar-refractivity contribution in [3.05, 3.63) is 60.2 Å². The third kappa shape index (κ3) is 3.81. The van der Waals surface area contributed by atoms with E-state index in [-0.39, 0.29) is 24.8 Å². The standard InChI is InChI=1S/C20H17N5O4S/c1-2-29-19(28)13-8-10-14(11-9-13)24-17(26)12-16(18(24)27)30-20-21-22-23-25(20)15-6-4-3-5-7-15/h3-11,16H,2,12H2,1H3. The van der Waals surface area contributed by atoms with Gasteiger partial charge in [-0.25, -0.2) is 9.69 Å². The van der Waals surface area contributed by atoms with Crippen molar-refractivity contribution < 1.29 is 19.1 Å². The molecule has 0 spiro atoms. The Balaban J connectivity index is 1.52. The van der Waals surface area contributed by atoms with Gasteiger partial charge in [-0.15, -0.1) is 5.10 Å². The molecule has 2 heterocycles. The molecule has 2 aromatic carbocycles. The van der Waals surface area contributed by atoms with Gasteiger partial charge >= 0.3 is 5.97 Å². The Kier molecular flexibility index (Phi) is 5.57. The Labute approximate surface area is 176 Å². The first-order chi connectivity index (χ1) is 14.6. The van der Waals surface area contributed by atoms with Crippen LogP contribution in [0.5, 0.6) is 0 Å². The molecule has 1 fully saturated rings. The van der Waals surface area contributed by atoms with Crippen molar-refractivity contribution in [1.29, 1.82) is 0 Å². The third-order valence-electron chi connectivity index (χ3n) is 4.43. The zero-order valence-corrected chi connectivity index (χ0v) is 16.8. The maximum absolute atomic E-state index is 12.9. The molecule has 0 radical (unpaired) electrons. The number of esters is 1. The molecule has 1 aliphatic heterocycles. The molecule has 10 heteroatoms. The lowest BCUT2D eigenvalue weighted by Crippen LogP contribution is -2.31. The van der Waals surface area contributed by atoms with E-state index in [2.05, 4.69) is 15.5 Å². The summed E-state index contributed by atoms with van der Waals surface area (Å²) in [6, 6.07) is 15.5. The number of amides is 2. The Hall–Kier alpha value is -3.53. The molecule has 0 saturated carbocycles. The summed E-state index contributed by atoms with van der Waals surface area (Å²) in [5.74, 6) is -1.12. The molecule has 3 aromatic rings. The molecule has 1 saturated heterocycles. The molecule has 0 bridgehead atoms. The molecule has 1 atom stereocenters. The zero-order chi connectivity index (χ0) is 21.1. The number of carbonyl (C=O) groups excluding carboxylic acids is 3. The number of benzene rings is 2. The van der Waals surface area contributed by atoms with Crippen molar-refractivity contribution in [3.8, 4) is 5.69 Å². The molecular formula is C20H17N5O4S. The second-order valence-corrected chi connectivity index (χ2v) is 7.52. The summed E-state index contributed by atoms with van der Waals surface area (Å²) >= 11 is 1.14. The smallest absolute Gasteiger partial charge is 0.338 e. The monoisotopic (exact) mass is 423 g/mol. The molecule has 4 rings (SSSR count). The van der Waals surface area contributed by atoms with Gasteiger partial charge in [0.05, 0.1) is 23.5 Å². The van der Waals surface area contributed by atoms with E-state index in [1.54, 1.807) is 19.1 Å². The predicted molar refractivity (Wildman–Crippen MR) is 108 cm³/mol. The first-order valence-electron chi connectivity index (χ1n) is 9.23. The summed E-state index contributed by atoms with van der Waals surface area (Å²) in [5, 5.41) is 11.4. The van der Waals surface area contributed by atoms with Gasteiger partial charge < -0.3 is 4.74 Å². The van der Waals surface area contributed by atoms with Gasteiger partial charge in [0.15, 0.2) is 0 Å². The highest BCUT2D eigenvalue weighted by Crippen LogP contribution is 2.33. The highest BCUT2D eigenvalue weighted by molar-refractivity contribution is 8.00. The van der Waals surface area contributed by atoms with E-state index in [0.29, 0.717) is 16.4 Å². The fraction of sp³-hybridized carbons (Fsp3) is 0.200. The minimum atomic E-state index is -0.643. The van der Waals surface area contributed by atoms with E-state index in [0.717, 1.165) is 22.3 Å². The highest BCUT2D eigenvalue weighted by Gasteiger charge is 2.41. The number of nitrogens with zero attached hydrogens (tertiary/aromatic N) is 5. The largest absolute Gasteiger partial charge is 0.462 e. The first kappa shape index (κ1) is 19.8. The summed E-state index contributed by atoms with van der Waals surface area (Å²) in [6.07, 6.45) is 0.0325. The lowest BCUT2D eigenvalue weighted by molar-refractivity contribution is -0.121. The number of ether oxygens (including phenoxy) is 1. The van der Waals surface area contributed by atoms with Crippen molar-refractivity contribution in [2.45, 2.75) is 23.8 Å². The quantitative estimate of drug-likeness (QED) is 0.439. The Bertz CT molecular complexity index is 1080. The summed E-state index contributed by atoms with van der Waals surface area (Å²) < 4.78 is 6.48. The van der Waals surface area contributed by atoms with Gasteiger partial charge in [0.1, 0.15) is 5.25 Å². The normalized spacial score (nSPS) is 16.2. The number of imide groups is 1. The Morgan fingerprint density at radius 2 is 1.83 bits per heavy atom. The maximum Gasteiger partial charge on any atom is 0.338 e. The van der Waals surface area contributed by atoms with Gasteiger partial charge in [-0.2, -0.15) is 4.68 Å². The molecule has 2 amide bonds. The van der Waals surface area contributed by atoms with Crippen LogP contribution in [0, 0.1) is 0 Å². The second kappa shape index (κ2) is 8.46. The van der Waals surface area contributed by atoms with Crippen molar-refractivity contribution in [2.24, 2.45) is 0 Å². The number of hydrogen-bond acceptors (Lipinski definition) is 8. The topological polar surface area (TPSA) is 107 Å². The zero-order valence-electron chi connectivity index (χ0n) is 16.0. The molecule has 1 unspecified atom stereocenters. The lowest BCUT2D eigenvalue weighted by atomic mass is 10.2. The number of hydrogen-bond donors (Lipinski definition) is 0. The number of para-hydroxylation sites is 1. The third-order valence-corrected chi connectivity index (χ3v) is 5.55. The van der Waals surface area contributed by atoms with Gasteiger partial charge in [-0.1, -0.05) is 30.0 Å². The SMILES string of the molecule is CCOC(=O)c1ccc(N2C(=O)CC(Sc3nnnn3-c3ccccc3)C2=O)cc1. The first-order valence-corrected chi connectivity index (χ1v) is 10.1. The average molecular weight is 423 g/mol. The van der Waals surface area contributed by atoms with E-state index < -0.39 is 11.2 Å². The molecular weight excluding hydrogens is 406 g/mol. The van der Waals surface area contributed by atoms with Crippen LogP contribution in [0.25, 0.3) is 5.69 Å². The van der Waals surface area contributed by atoms with Crippen LogP contribution in [0.2, 0.25) is 0 Å². The molecule has 0 aliphatic carbocycles. The van der Waals surface area contributed by atoms with Crippen molar-refractivity contribution in [3.63, 3.8) is 0 Å². The van der Waals surface area contributed by atoms with Crippen LogP contribution in [0.1, 0.15) is 23.7 Å². The van der Waals surface area contributed by atoms with Crippen molar-refractivity contribution in [2.75, 3.05) is 11.5 Å². The van der Waals surface area contributed by atoms with Crippen LogP contribution in [0.3, 0.4) is 0 Å². The van der Waals surface area contributed by atoms with Crippen LogP contribution in [0.4, 0.5) is 5.69 Å². The summed E-state index contributed by atoms with van der Waals surface area (Å²) in [4.78, 5) is 38.4. The van der Waals surface area contributed by atoms with Crippen LogP contribution >= 0.6 is 11.8 Å². The highest BCUT2D eigenvalue weighted by atomic mass is 32.2. The molecule has 1 aliphatic rings. The minimum Gasteiger partial charge on any atom is -0.462 e. The number of carbonyl (C=O) groups is 3. The fourth-order valence-electron chi connectivity index (χ4n) is 3.04. The number of aromatic nitrogens is 4. The summed E-state index contributed by atoms with van der Waals surface area (Å²) in [5.41, 5.74) is 1.52. The maximum atomic E-state index is 12.9. The van der Waals surface area contributed by atoms with E-state index >= 15 is 0 Å². The Morgan fingerprint density at radius 3 is 2.53 bits per heavy atom. The molecule has 1 aromatic heterocycles. The number of anilines is 1. The summed E-state index contributed by atoms with van der Waals surface area (Å²) in [6.45, 7) is 1.99. The van der Waals surface area contributed by atoms with E-state index in [9.17, 15) is 14.4 Å². The van der Waals surface area contributed by atoms with Crippen LogP contribution in [-0.4, -0.2) is 49.8 Å². The van der Waals surface area contributed by atoms with Gasteiger partial charge in [0.25, 0.3) is 0 Å². The van der Waals surface area contributed by atoms with E-state index in [1.807, 2.05) is 30.3 Å². The minimum absolute atomic E-state index is 0.0325. The van der Waals surface area contributed by atoms with Gasteiger partial charge in [0.2, 0.25) is 17.0 Å². The van der Waals surface area contributed by atoms with Crippen LogP contribution < -0.4 is 4.90 Å². The summed E-state index contributed by atoms with van der Waals surface area (Å²) in [7, 11) is 0. The molecule has 0 N–H and O–H groups in total. The molecule has 152 valence electrons. The van der Waals surface area contributed by atoms with Gasteiger partial charge in [0, 0.05) is 6.42 Å². The average Bonchev–Trinajstić information content (AvgIpc) is 3.33. The van der Waals surface area contributed by atoms with E-state index in [1.165, 1.54) is 16.8 Å². The lowest BCUT2D eigenvalue weighted by Gasteiger charge is -2.15. The van der Waals surface area contributed by atoms with Crippen molar-refractivity contribution in [1.82, 2.24) is 20.2 Å². The number of thioether (sulfide) groups is 1. The number of tetrazole rings is 1. The number of rotatable bonds is 6. The predicted octanol–water partition coefficient (Wildman–Crippen LogP) is 2.26. The van der Waals surface area contributed by atoms with Crippen LogP contribution in [-0.2, 0) is 14.3 Å². The Morgan fingerprint density at radius 1 is 1.10 bits per heavy atom. The molecule has 30 heavy (non-hydrogen) atoms. The van der Waals surface area contributed by atoms with Gasteiger partial charge in [-0.05, 0) is 53.7 Å². The van der Waals surface area contributed by atoms with E-state index in [4.69, 9.17) is 4.74 Å².